The summed E-state index contributed by atoms with van der Waals surface area (Å²) < 4.78 is 27.3. The van der Waals surface area contributed by atoms with E-state index in [9.17, 15) is 13.2 Å². The Morgan fingerprint density at radius 3 is 2.55 bits per heavy atom. The van der Waals surface area contributed by atoms with E-state index in [0.717, 1.165) is 0 Å². The van der Waals surface area contributed by atoms with Crippen LogP contribution in [0.15, 0.2) is 23.1 Å². The van der Waals surface area contributed by atoms with E-state index >= 15 is 0 Å². The average Bonchev–Trinajstić information content (AvgIpc) is 2.96. The van der Waals surface area contributed by atoms with Crippen LogP contribution in [0.3, 0.4) is 0 Å². The molecule has 1 fully saturated rings. The predicted molar refractivity (Wildman–Crippen MR) is 74.8 cm³/mol. The summed E-state index contributed by atoms with van der Waals surface area (Å²) in [6.45, 7) is 4.39. The molecule has 1 heterocycles. The number of anilines is 1. The Balaban J connectivity index is 1.90. The highest BCUT2D eigenvalue weighted by Gasteiger charge is 2.45. The fourth-order valence-corrected chi connectivity index (χ4v) is 3.92. The fraction of sp³-hybridized carbons (Fsp3) is 0.462. The number of amides is 1. The summed E-state index contributed by atoms with van der Waals surface area (Å²) in [6.07, 6.45) is 0. The normalized spacial score (nSPS) is 28.3. The predicted octanol–water partition coefficient (Wildman–Crippen LogP) is 0.732. The number of hydrogen-bond donors (Lipinski definition) is 3. The molecule has 0 radical (unpaired) electrons. The van der Waals surface area contributed by atoms with Gasteiger partial charge in [-0.2, -0.15) is 0 Å². The van der Waals surface area contributed by atoms with Gasteiger partial charge in [0.2, 0.25) is 10.0 Å². The summed E-state index contributed by atoms with van der Waals surface area (Å²) in [5.41, 5.74) is 1.01. The molecule has 1 aliphatic heterocycles. The molecule has 1 saturated carbocycles. The lowest BCUT2D eigenvalue weighted by atomic mass is 10.1. The first-order valence-electron chi connectivity index (χ1n) is 6.58. The Bertz CT molecular complexity index is 663. The van der Waals surface area contributed by atoms with Crippen LogP contribution >= 0.6 is 0 Å². The van der Waals surface area contributed by atoms with Gasteiger partial charge in [0, 0.05) is 11.7 Å². The maximum atomic E-state index is 12.3. The molecule has 2 unspecified atom stereocenters. The monoisotopic (exact) mass is 295 g/mol. The lowest BCUT2D eigenvalue weighted by Gasteiger charge is -2.19. The van der Waals surface area contributed by atoms with Crippen LogP contribution in [0.2, 0.25) is 0 Å². The fourth-order valence-electron chi connectivity index (χ4n) is 2.47. The number of carbonyl (C=O) groups is 1. The Morgan fingerprint density at radius 1 is 1.20 bits per heavy atom. The van der Waals surface area contributed by atoms with Crippen molar-refractivity contribution < 1.29 is 13.2 Å². The van der Waals surface area contributed by atoms with E-state index in [2.05, 4.69) is 15.4 Å². The van der Waals surface area contributed by atoms with Crippen molar-refractivity contribution in [3.63, 3.8) is 0 Å². The van der Waals surface area contributed by atoms with Gasteiger partial charge in [-0.1, -0.05) is 13.8 Å². The molecule has 1 aromatic rings. The summed E-state index contributed by atoms with van der Waals surface area (Å²) in [4.78, 5) is 11.9. The van der Waals surface area contributed by atoms with Crippen LogP contribution in [0.4, 0.5) is 5.69 Å². The molecule has 2 atom stereocenters. The minimum absolute atomic E-state index is 0.0111. The van der Waals surface area contributed by atoms with Crippen molar-refractivity contribution >= 4 is 21.6 Å². The van der Waals surface area contributed by atoms with Crippen molar-refractivity contribution in [1.82, 2.24) is 10.0 Å². The Hall–Kier alpha value is -1.60. The second-order valence-corrected chi connectivity index (χ2v) is 7.15. The topological polar surface area (TPSA) is 87.3 Å². The zero-order valence-corrected chi connectivity index (χ0v) is 12.1. The first-order chi connectivity index (χ1) is 9.40. The summed E-state index contributed by atoms with van der Waals surface area (Å²) in [5, 5.41) is 5.61. The van der Waals surface area contributed by atoms with Gasteiger partial charge in [-0.15, -0.1) is 0 Å². The summed E-state index contributed by atoms with van der Waals surface area (Å²) >= 11 is 0. The zero-order chi connectivity index (χ0) is 14.5. The van der Waals surface area contributed by atoms with Gasteiger partial charge < -0.3 is 10.6 Å². The number of carbonyl (C=O) groups excluding carboxylic acids is 1. The molecule has 0 bridgehead atoms. The number of benzene rings is 1. The lowest BCUT2D eigenvalue weighted by molar-refractivity contribution is 0.0952. The van der Waals surface area contributed by atoms with Crippen molar-refractivity contribution in [2.45, 2.75) is 24.8 Å². The van der Waals surface area contributed by atoms with Crippen LogP contribution in [-0.4, -0.2) is 27.0 Å². The van der Waals surface area contributed by atoms with Crippen LogP contribution in [-0.2, 0) is 10.0 Å². The van der Waals surface area contributed by atoms with Gasteiger partial charge in [0.25, 0.3) is 5.91 Å². The van der Waals surface area contributed by atoms with E-state index in [4.69, 9.17) is 0 Å². The number of fused-ring (bicyclic) bond motifs is 1. The largest absolute Gasteiger partial charge is 0.367 e. The maximum Gasteiger partial charge on any atom is 0.254 e. The Labute approximate surface area is 118 Å². The molecule has 1 aromatic carbocycles. The highest BCUT2D eigenvalue weighted by molar-refractivity contribution is 7.89. The van der Waals surface area contributed by atoms with E-state index in [1.807, 2.05) is 13.8 Å². The molecule has 3 rings (SSSR count). The highest BCUT2D eigenvalue weighted by atomic mass is 32.2. The third-order valence-corrected chi connectivity index (χ3v) is 5.64. The van der Waals surface area contributed by atoms with E-state index in [0.29, 0.717) is 29.8 Å². The quantitative estimate of drug-likeness (QED) is 0.767. The van der Waals surface area contributed by atoms with Crippen LogP contribution < -0.4 is 15.4 Å². The second-order valence-electron chi connectivity index (χ2n) is 5.43. The molecule has 7 heteroatoms. The molecule has 0 spiro atoms. The first-order valence-corrected chi connectivity index (χ1v) is 8.07. The highest BCUT2D eigenvalue weighted by Crippen LogP contribution is 2.38. The Morgan fingerprint density at radius 2 is 1.90 bits per heavy atom. The van der Waals surface area contributed by atoms with Crippen LogP contribution in [0.5, 0.6) is 0 Å². The molecular weight excluding hydrogens is 278 g/mol. The number of rotatable bonds is 3. The number of sulfonamides is 1. The van der Waals surface area contributed by atoms with Gasteiger partial charge in [-0.05, 0) is 30.0 Å². The van der Waals surface area contributed by atoms with E-state index in [1.54, 1.807) is 6.07 Å². The Kier molecular flexibility index (Phi) is 2.98. The van der Waals surface area contributed by atoms with Gasteiger partial charge >= 0.3 is 0 Å². The smallest absolute Gasteiger partial charge is 0.254 e. The third kappa shape index (κ3) is 2.16. The molecule has 0 aromatic heterocycles. The van der Waals surface area contributed by atoms with Crippen molar-refractivity contribution in [3.05, 3.63) is 23.8 Å². The van der Waals surface area contributed by atoms with Crippen molar-refractivity contribution in [2.75, 3.05) is 12.0 Å². The third-order valence-electron chi connectivity index (χ3n) is 4.19. The van der Waals surface area contributed by atoms with Crippen molar-refractivity contribution in [2.24, 2.45) is 11.8 Å². The summed E-state index contributed by atoms with van der Waals surface area (Å²) in [5.74, 6) is 0.448. The minimum Gasteiger partial charge on any atom is -0.367 e. The van der Waals surface area contributed by atoms with E-state index < -0.39 is 10.0 Å². The zero-order valence-electron chi connectivity index (χ0n) is 11.3. The summed E-state index contributed by atoms with van der Waals surface area (Å²) in [7, 11) is -3.58. The van der Waals surface area contributed by atoms with Crippen LogP contribution in [0, 0.1) is 11.8 Å². The van der Waals surface area contributed by atoms with E-state index in [1.165, 1.54) is 12.1 Å². The molecule has 0 saturated heterocycles. The van der Waals surface area contributed by atoms with Crippen LogP contribution in [0.25, 0.3) is 0 Å². The minimum atomic E-state index is -3.58. The van der Waals surface area contributed by atoms with Crippen molar-refractivity contribution in [1.29, 1.82) is 0 Å². The van der Waals surface area contributed by atoms with E-state index in [-0.39, 0.29) is 16.8 Å². The lowest BCUT2D eigenvalue weighted by Crippen LogP contribution is -2.35. The van der Waals surface area contributed by atoms with Gasteiger partial charge in [0.15, 0.2) is 0 Å². The molecule has 1 aliphatic carbocycles. The van der Waals surface area contributed by atoms with Gasteiger partial charge in [-0.25, -0.2) is 13.1 Å². The molecule has 3 N–H and O–H groups in total. The molecule has 20 heavy (non-hydrogen) atoms. The standard InChI is InChI=1S/C13H17N3O3S/c1-7-8(2)12(7)16-20(18,19)9-3-4-11-10(5-9)13(17)15-6-14-11/h3-5,7-8,12,14,16H,6H2,1-2H3,(H,15,17). The van der Waals surface area contributed by atoms with Crippen molar-refractivity contribution in [3.8, 4) is 0 Å². The average molecular weight is 295 g/mol. The number of hydrogen-bond acceptors (Lipinski definition) is 4. The molecule has 108 valence electrons. The van der Waals surface area contributed by atoms with Crippen LogP contribution in [0.1, 0.15) is 24.2 Å². The van der Waals surface area contributed by atoms with Gasteiger partial charge in [0.05, 0.1) is 17.1 Å². The SMILES string of the molecule is CC1C(C)C1NS(=O)(=O)c1ccc2c(c1)C(=O)NCN2. The van der Waals surface area contributed by atoms with Gasteiger partial charge in [-0.3, -0.25) is 4.79 Å². The van der Waals surface area contributed by atoms with Gasteiger partial charge in [0.1, 0.15) is 0 Å². The number of nitrogens with one attached hydrogen (secondary N) is 3. The molecular formula is C13H17N3O3S. The molecule has 6 nitrogen and oxygen atoms in total. The first kappa shape index (κ1) is 13.4. The molecule has 1 amide bonds. The second kappa shape index (κ2) is 4.46. The molecule has 2 aliphatic rings. The maximum absolute atomic E-state index is 12.3. The summed E-state index contributed by atoms with van der Waals surface area (Å²) in [6, 6.07) is 4.55.